The van der Waals surface area contributed by atoms with E-state index in [4.69, 9.17) is 27.9 Å². The lowest BCUT2D eigenvalue weighted by atomic mass is 9.54. The lowest BCUT2D eigenvalue weighted by molar-refractivity contribution is -0.159. The second-order valence-corrected chi connectivity index (χ2v) is 11.7. The van der Waals surface area contributed by atoms with Crippen LogP contribution in [0.3, 0.4) is 0 Å². The first-order valence-corrected chi connectivity index (χ1v) is 13.5. The molecule has 4 atom stereocenters. The first kappa shape index (κ1) is 25.8. The maximum absolute atomic E-state index is 14.0. The fraction of sp³-hybridized carbons (Fsp3) is 0.290. The summed E-state index contributed by atoms with van der Waals surface area (Å²) < 4.78 is 5.46. The number of hydrogen-bond donors (Lipinski definition) is 0. The maximum Gasteiger partial charge on any atom is 0.329 e. The Balaban J connectivity index is 1.34. The van der Waals surface area contributed by atoms with E-state index in [-0.39, 0.29) is 5.78 Å². The highest BCUT2D eigenvalue weighted by Crippen LogP contribution is 2.69. The smallest absolute Gasteiger partial charge is 0.329 e. The molecule has 2 bridgehead atoms. The van der Waals surface area contributed by atoms with E-state index in [9.17, 15) is 19.2 Å². The zero-order valence-electron chi connectivity index (χ0n) is 21.5. The molecule has 1 aliphatic heterocycles. The molecule has 2 amide bonds. The first-order chi connectivity index (χ1) is 18.5. The number of hydrogen-bond acceptors (Lipinski definition) is 5. The zero-order chi connectivity index (χ0) is 27.9. The van der Waals surface area contributed by atoms with Gasteiger partial charge in [-0.25, -0.2) is 4.79 Å². The summed E-state index contributed by atoms with van der Waals surface area (Å²) >= 11 is 14.8. The Hall–Kier alpha value is -3.48. The molecule has 0 aromatic heterocycles. The lowest BCUT2D eigenvalue weighted by Gasteiger charge is -2.54. The van der Waals surface area contributed by atoms with Crippen molar-refractivity contribution in [1.82, 2.24) is 4.90 Å². The Morgan fingerprint density at radius 3 is 1.59 bits per heavy atom. The second kappa shape index (κ2) is 8.77. The summed E-state index contributed by atoms with van der Waals surface area (Å²) in [7, 11) is 0. The monoisotopic (exact) mass is 561 g/mol. The van der Waals surface area contributed by atoms with Crippen LogP contribution in [0, 0.1) is 18.8 Å². The highest BCUT2D eigenvalue weighted by Gasteiger charge is 2.73. The number of likely N-dealkylation sites (tertiary alicyclic amines) is 1. The van der Waals surface area contributed by atoms with E-state index < -0.39 is 51.5 Å². The molecule has 3 aromatic carbocycles. The summed E-state index contributed by atoms with van der Waals surface area (Å²) in [5.74, 6) is -4.46. The molecule has 8 heteroatoms. The number of nitrogens with zero attached hydrogens (tertiary/aromatic N) is 1. The van der Waals surface area contributed by atoms with Gasteiger partial charge >= 0.3 is 5.97 Å². The highest BCUT2D eigenvalue weighted by molar-refractivity contribution is 6.36. The number of aryl methyl sites for hydroxylation is 1. The average Bonchev–Trinajstić information content (AvgIpc) is 3.22. The van der Waals surface area contributed by atoms with Gasteiger partial charge in [0.15, 0.2) is 6.10 Å². The zero-order valence-corrected chi connectivity index (χ0v) is 23.0. The van der Waals surface area contributed by atoms with Crippen LogP contribution in [0.2, 0.25) is 0 Å². The third-order valence-electron chi connectivity index (χ3n) is 8.35. The van der Waals surface area contributed by atoms with Crippen molar-refractivity contribution >= 4 is 46.8 Å². The van der Waals surface area contributed by atoms with E-state index >= 15 is 0 Å². The second-order valence-electron chi connectivity index (χ2n) is 10.5. The predicted octanol–water partition coefficient (Wildman–Crippen LogP) is 5.09. The van der Waals surface area contributed by atoms with Gasteiger partial charge in [-0.05, 0) is 43.0 Å². The molecule has 0 N–H and O–H groups in total. The largest absolute Gasteiger partial charge is 0.453 e. The fourth-order valence-electron chi connectivity index (χ4n) is 6.45. The van der Waals surface area contributed by atoms with Crippen LogP contribution in [-0.2, 0) is 28.9 Å². The quantitative estimate of drug-likeness (QED) is 0.187. The summed E-state index contributed by atoms with van der Waals surface area (Å²) in [5, 5.41) is 0. The molecule has 198 valence electrons. The van der Waals surface area contributed by atoms with Gasteiger partial charge in [0.2, 0.25) is 17.6 Å². The number of benzene rings is 3. The summed E-state index contributed by atoms with van der Waals surface area (Å²) in [5.41, 5.74) is 4.10. The molecule has 0 radical (unpaired) electrons. The highest BCUT2D eigenvalue weighted by atomic mass is 35.5. The normalized spacial score (nSPS) is 27.9. The van der Waals surface area contributed by atoms with E-state index in [0.717, 1.165) is 10.5 Å². The summed E-state index contributed by atoms with van der Waals surface area (Å²) in [6, 6.07) is 20.3. The third kappa shape index (κ3) is 3.34. The number of Topliss-reactive ketones (excluding diaryl/α,β-unsaturated/α-hetero) is 1. The van der Waals surface area contributed by atoms with Gasteiger partial charge in [-0.2, -0.15) is 0 Å². The molecule has 39 heavy (non-hydrogen) atoms. The van der Waals surface area contributed by atoms with Crippen LogP contribution < -0.4 is 0 Å². The molecule has 3 aromatic rings. The maximum atomic E-state index is 14.0. The van der Waals surface area contributed by atoms with Crippen molar-refractivity contribution < 1.29 is 23.9 Å². The molecule has 0 saturated carbocycles. The number of ether oxygens (including phenoxy) is 1. The van der Waals surface area contributed by atoms with E-state index in [1.54, 1.807) is 24.3 Å². The standard InChI is InChI=1S/C31H25Cl2NO5/c1-16-12-14-19(15-13-16)26(35)18(3)39-29(38)17(2)34-27(36)24-25(28(34)37)31(33)21-9-5-4-8-20(21)30(24,32)22-10-6-7-11-23(22)31/h4-15,17-18,24-25H,1-3H3/t17-,18-,24-,25+,30?,31?/m0/s1. The minimum absolute atomic E-state index is 0.383. The van der Waals surface area contributed by atoms with Crippen molar-refractivity contribution in [3.8, 4) is 0 Å². The van der Waals surface area contributed by atoms with E-state index in [1.165, 1.54) is 13.8 Å². The van der Waals surface area contributed by atoms with Crippen LogP contribution in [0.5, 0.6) is 0 Å². The molecule has 0 unspecified atom stereocenters. The summed E-state index contributed by atoms with van der Waals surface area (Å²) in [6.07, 6.45) is -1.11. The SMILES string of the molecule is Cc1ccc(C(=O)[C@H](C)OC(=O)[C@H](C)N2C(=O)[C@@H]3[C@H](C2=O)C2(Cl)c4ccccc4C3(Cl)c3ccccc32)cc1. The molecular formula is C31H25Cl2NO5. The van der Waals surface area contributed by atoms with Crippen LogP contribution in [0.25, 0.3) is 0 Å². The van der Waals surface area contributed by atoms with Crippen molar-refractivity contribution in [3.63, 3.8) is 0 Å². The molecular weight excluding hydrogens is 537 g/mol. The Morgan fingerprint density at radius 1 is 0.769 bits per heavy atom. The number of imide groups is 1. The molecule has 4 aliphatic rings. The number of carbonyl (C=O) groups is 4. The van der Waals surface area contributed by atoms with Crippen molar-refractivity contribution in [1.29, 1.82) is 0 Å². The number of ketones is 1. The van der Waals surface area contributed by atoms with Gasteiger partial charge < -0.3 is 4.74 Å². The van der Waals surface area contributed by atoms with E-state index in [1.807, 2.05) is 55.5 Å². The summed E-state index contributed by atoms with van der Waals surface area (Å²) in [4.78, 5) is 52.3. The Labute approximate surface area is 235 Å². The van der Waals surface area contributed by atoms with Crippen LogP contribution in [0.4, 0.5) is 0 Å². The van der Waals surface area contributed by atoms with Crippen LogP contribution >= 0.6 is 23.2 Å². The number of amides is 2. The van der Waals surface area contributed by atoms with Crippen LogP contribution in [-0.4, -0.2) is 40.6 Å². The molecule has 1 saturated heterocycles. The molecule has 3 aliphatic carbocycles. The van der Waals surface area contributed by atoms with Gasteiger partial charge in [-0.15, -0.1) is 23.2 Å². The van der Waals surface area contributed by atoms with Gasteiger partial charge in [0.25, 0.3) is 0 Å². The van der Waals surface area contributed by atoms with Crippen LogP contribution in [0.15, 0.2) is 72.8 Å². The van der Waals surface area contributed by atoms with Gasteiger partial charge in [-0.1, -0.05) is 78.4 Å². The minimum Gasteiger partial charge on any atom is -0.453 e. The van der Waals surface area contributed by atoms with Gasteiger partial charge in [-0.3, -0.25) is 19.3 Å². The topological polar surface area (TPSA) is 80.8 Å². The molecule has 0 spiro atoms. The van der Waals surface area contributed by atoms with Crippen molar-refractivity contribution in [2.24, 2.45) is 11.8 Å². The van der Waals surface area contributed by atoms with Crippen molar-refractivity contribution in [2.45, 2.75) is 42.7 Å². The first-order valence-electron chi connectivity index (χ1n) is 12.8. The fourth-order valence-corrected chi connectivity index (χ4v) is 7.55. The number of alkyl halides is 2. The Kier molecular flexibility index (Phi) is 5.79. The van der Waals surface area contributed by atoms with E-state index in [0.29, 0.717) is 27.8 Å². The molecule has 6 nitrogen and oxygen atoms in total. The number of carbonyl (C=O) groups excluding carboxylic acids is 4. The molecule has 1 fully saturated rings. The van der Waals surface area contributed by atoms with E-state index in [2.05, 4.69) is 0 Å². The number of rotatable bonds is 5. The van der Waals surface area contributed by atoms with Gasteiger partial charge in [0, 0.05) is 5.56 Å². The molecule has 1 heterocycles. The third-order valence-corrected chi connectivity index (χ3v) is 9.63. The van der Waals surface area contributed by atoms with Gasteiger partial charge in [0.1, 0.15) is 15.8 Å². The Bertz CT molecular complexity index is 1440. The summed E-state index contributed by atoms with van der Waals surface area (Å²) in [6.45, 7) is 4.79. The minimum atomic E-state index is -1.34. The van der Waals surface area contributed by atoms with Crippen molar-refractivity contribution in [2.75, 3.05) is 0 Å². The average molecular weight is 562 g/mol. The van der Waals surface area contributed by atoms with Crippen molar-refractivity contribution in [3.05, 3.63) is 106 Å². The predicted molar refractivity (Wildman–Crippen MR) is 146 cm³/mol. The Morgan fingerprint density at radius 2 is 1.18 bits per heavy atom. The van der Waals surface area contributed by atoms with Crippen LogP contribution in [0.1, 0.15) is 52.0 Å². The number of halogens is 2. The number of esters is 1. The lowest BCUT2D eigenvalue weighted by Crippen LogP contribution is -2.57. The molecule has 7 rings (SSSR count). The van der Waals surface area contributed by atoms with Gasteiger partial charge in [0.05, 0.1) is 11.8 Å².